The van der Waals surface area contributed by atoms with Crippen LogP contribution in [0.3, 0.4) is 0 Å². The van der Waals surface area contributed by atoms with E-state index in [1.165, 1.54) is 29.7 Å². The van der Waals surface area contributed by atoms with E-state index in [1.54, 1.807) is 30.3 Å². The molecule has 0 aliphatic rings. The van der Waals surface area contributed by atoms with Gasteiger partial charge >= 0.3 is 6.03 Å². The third-order valence-electron chi connectivity index (χ3n) is 3.73. The summed E-state index contributed by atoms with van der Waals surface area (Å²) in [6, 6.07) is 12.4. The van der Waals surface area contributed by atoms with Gasteiger partial charge in [0, 0.05) is 11.4 Å². The lowest BCUT2D eigenvalue weighted by Gasteiger charge is -2.25. The van der Waals surface area contributed by atoms with Crippen LogP contribution in [0.5, 0.6) is 0 Å². The van der Waals surface area contributed by atoms with Crippen LogP contribution in [0, 0.1) is 5.82 Å². The average molecular weight is 360 g/mol. The van der Waals surface area contributed by atoms with Crippen LogP contribution >= 0.6 is 11.3 Å². The van der Waals surface area contributed by atoms with Gasteiger partial charge in [0.2, 0.25) is 0 Å². The van der Waals surface area contributed by atoms with Crippen molar-refractivity contribution in [3.8, 4) is 0 Å². The van der Waals surface area contributed by atoms with Crippen LogP contribution in [0.1, 0.15) is 16.2 Å². The normalized spacial score (nSPS) is 13.2. The number of urea groups is 1. The van der Waals surface area contributed by atoms with Crippen LogP contribution in [0.4, 0.5) is 9.18 Å². The summed E-state index contributed by atoms with van der Waals surface area (Å²) in [6.07, 6.45) is 1.47. The van der Waals surface area contributed by atoms with Crippen LogP contribution in [0.2, 0.25) is 0 Å². The SMILES string of the molecule is O=C(NCc1ccc(F)cc1)NCC(O)(c1ccco1)c1cccs1. The topological polar surface area (TPSA) is 74.5 Å². The Bertz CT molecular complexity index is 767. The molecular formula is C18H17FN2O3S. The number of hydrogen-bond donors (Lipinski definition) is 3. The number of carbonyl (C=O) groups is 1. The van der Waals surface area contributed by atoms with Crippen molar-refractivity contribution in [1.82, 2.24) is 10.6 Å². The highest BCUT2D eigenvalue weighted by Gasteiger charge is 2.36. The maximum Gasteiger partial charge on any atom is 0.315 e. The lowest BCUT2D eigenvalue weighted by molar-refractivity contribution is 0.0623. The van der Waals surface area contributed by atoms with Gasteiger partial charge in [0.15, 0.2) is 5.60 Å². The number of amides is 2. The first-order valence-corrected chi connectivity index (χ1v) is 8.52. The smallest absolute Gasteiger partial charge is 0.315 e. The standard InChI is InChI=1S/C18H17FN2O3S/c19-14-7-5-13(6-8-14)11-20-17(22)21-12-18(23,15-3-1-9-24-15)16-4-2-10-25-16/h1-10,23H,11-12H2,(H2,20,21,22). The van der Waals surface area contributed by atoms with Crippen molar-refractivity contribution in [2.24, 2.45) is 0 Å². The molecule has 2 aromatic heterocycles. The Hall–Kier alpha value is -2.64. The molecule has 3 rings (SSSR count). The fourth-order valence-electron chi connectivity index (χ4n) is 2.38. The molecular weight excluding hydrogens is 343 g/mol. The molecule has 2 amide bonds. The third-order valence-corrected chi connectivity index (χ3v) is 4.75. The molecule has 130 valence electrons. The van der Waals surface area contributed by atoms with Crippen molar-refractivity contribution in [2.45, 2.75) is 12.1 Å². The number of benzene rings is 1. The third kappa shape index (κ3) is 4.07. The van der Waals surface area contributed by atoms with Gasteiger partial charge in [0.05, 0.1) is 12.8 Å². The van der Waals surface area contributed by atoms with Crippen molar-refractivity contribution in [3.05, 3.63) is 82.2 Å². The first kappa shape index (κ1) is 17.2. The van der Waals surface area contributed by atoms with E-state index >= 15 is 0 Å². The maximum atomic E-state index is 12.9. The number of carbonyl (C=O) groups excluding carboxylic acids is 1. The summed E-state index contributed by atoms with van der Waals surface area (Å²) < 4.78 is 18.2. The molecule has 0 fully saturated rings. The minimum atomic E-state index is -1.44. The summed E-state index contributed by atoms with van der Waals surface area (Å²) in [4.78, 5) is 12.7. The molecule has 1 unspecified atom stereocenters. The summed E-state index contributed by atoms with van der Waals surface area (Å²) in [5.41, 5.74) is -0.665. The van der Waals surface area contributed by atoms with Gasteiger partial charge in [-0.3, -0.25) is 0 Å². The lowest BCUT2D eigenvalue weighted by atomic mass is 9.99. The monoisotopic (exact) mass is 360 g/mol. The highest BCUT2D eigenvalue weighted by atomic mass is 32.1. The van der Waals surface area contributed by atoms with E-state index < -0.39 is 11.6 Å². The molecule has 5 nitrogen and oxygen atoms in total. The van der Waals surface area contributed by atoms with Gasteiger partial charge in [-0.15, -0.1) is 11.3 Å². The molecule has 7 heteroatoms. The predicted octanol–water partition coefficient (Wildman–Crippen LogP) is 3.22. The number of hydrogen-bond acceptors (Lipinski definition) is 4. The number of furan rings is 1. The molecule has 3 N–H and O–H groups in total. The number of thiophene rings is 1. The van der Waals surface area contributed by atoms with E-state index in [-0.39, 0.29) is 18.9 Å². The van der Waals surface area contributed by atoms with Gasteiger partial charge in [-0.05, 0) is 41.3 Å². The second kappa shape index (κ2) is 7.50. The van der Waals surface area contributed by atoms with Gasteiger partial charge in [0.1, 0.15) is 11.6 Å². The van der Waals surface area contributed by atoms with Crippen LogP contribution in [-0.2, 0) is 12.1 Å². The number of nitrogens with one attached hydrogen (secondary N) is 2. The first-order chi connectivity index (χ1) is 12.1. The molecule has 0 bridgehead atoms. The molecule has 0 spiro atoms. The molecule has 0 aliphatic heterocycles. The predicted molar refractivity (Wildman–Crippen MR) is 92.7 cm³/mol. The Labute approximate surface area is 148 Å². The Morgan fingerprint density at radius 3 is 2.60 bits per heavy atom. The summed E-state index contributed by atoms with van der Waals surface area (Å²) >= 11 is 1.37. The van der Waals surface area contributed by atoms with Crippen LogP contribution < -0.4 is 10.6 Å². The van der Waals surface area contributed by atoms with Crippen LogP contribution in [0.25, 0.3) is 0 Å². The van der Waals surface area contributed by atoms with Crippen molar-refractivity contribution < 1.29 is 18.7 Å². The Morgan fingerprint density at radius 2 is 1.96 bits per heavy atom. The molecule has 25 heavy (non-hydrogen) atoms. The van der Waals surface area contributed by atoms with Crippen LogP contribution in [0.15, 0.2) is 64.6 Å². The average Bonchev–Trinajstić information content (AvgIpc) is 3.33. The van der Waals surface area contributed by atoms with E-state index in [0.717, 1.165) is 5.56 Å². The minimum Gasteiger partial charge on any atom is -0.466 e. The highest BCUT2D eigenvalue weighted by molar-refractivity contribution is 7.10. The first-order valence-electron chi connectivity index (χ1n) is 7.64. The second-order valence-electron chi connectivity index (χ2n) is 5.48. The largest absolute Gasteiger partial charge is 0.466 e. The quantitative estimate of drug-likeness (QED) is 0.632. The van der Waals surface area contributed by atoms with Crippen molar-refractivity contribution in [1.29, 1.82) is 0 Å². The molecule has 2 heterocycles. The van der Waals surface area contributed by atoms with Crippen molar-refractivity contribution >= 4 is 17.4 Å². The minimum absolute atomic E-state index is 0.0454. The van der Waals surface area contributed by atoms with Gasteiger partial charge in [0.25, 0.3) is 0 Å². The Morgan fingerprint density at radius 1 is 1.16 bits per heavy atom. The highest BCUT2D eigenvalue weighted by Crippen LogP contribution is 2.32. The summed E-state index contributed by atoms with van der Waals surface area (Å²) in [5, 5.41) is 18.2. The summed E-state index contributed by atoms with van der Waals surface area (Å²) in [5.74, 6) is 0.0291. The maximum absolute atomic E-state index is 12.9. The fraction of sp³-hybridized carbons (Fsp3) is 0.167. The molecule has 1 aromatic carbocycles. The summed E-state index contributed by atoms with van der Waals surface area (Å²) in [7, 11) is 0. The van der Waals surface area contributed by atoms with Gasteiger partial charge in [-0.1, -0.05) is 18.2 Å². The van der Waals surface area contributed by atoms with E-state index in [2.05, 4.69) is 10.6 Å². The van der Waals surface area contributed by atoms with E-state index in [4.69, 9.17) is 4.42 Å². The molecule has 0 aliphatic carbocycles. The van der Waals surface area contributed by atoms with Crippen molar-refractivity contribution in [2.75, 3.05) is 6.54 Å². The Kier molecular flexibility index (Phi) is 5.16. The van der Waals surface area contributed by atoms with E-state index in [1.807, 2.05) is 11.4 Å². The number of rotatable bonds is 6. The van der Waals surface area contributed by atoms with E-state index in [9.17, 15) is 14.3 Å². The number of halogens is 1. The Balaban J connectivity index is 1.61. The molecule has 3 aromatic rings. The van der Waals surface area contributed by atoms with Crippen LogP contribution in [-0.4, -0.2) is 17.7 Å². The van der Waals surface area contributed by atoms with Gasteiger partial charge in [-0.2, -0.15) is 0 Å². The molecule has 0 saturated heterocycles. The van der Waals surface area contributed by atoms with E-state index in [0.29, 0.717) is 10.6 Å². The number of aliphatic hydroxyl groups is 1. The fourth-order valence-corrected chi connectivity index (χ4v) is 3.21. The van der Waals surface area contributed by atoms with Gasteiger partial charge < -0.3 is 20.2 Å². The zero-order chi connectivity index (χ0) is 17.7. The lowest BCUT2D eigenvalue weighted by Crippen LogP contribution is -2.44. The molecule has 0 radical (unpaired) electrons. The van der Waals surface area contributed by atoms with Gasteiger partial charge in [-0.25, -0.2) is 9.18 Å². The van der Waals surface area contributed by atoms with Crippen molar-refractivity contribution in [3.63, 3.8) is 0 Å². The molecule has 0 saturated carbocycles. The second-order valence-corrected chi connectivity index (χ2v) is 6.43. The molecule has 1 atom stereocenters. The summed E-state index contributed by atoms with van der Waals surface area (Å²) in [6.45, 7) is 0.209. The zero-order valence-electron chi connectivity index (χ0n) is 13.2. The zero-order valence-corrected chi connectivity index (χ0v) is 14.1.